The second-order valence-corrected chi connectivity index (χ2v) is 6.16. The number of nitrogens with one attached hydrogen (secondary N) is 1. The lowest BCUT2D eigenvalue weighted by atomic mass is 9.99. The maximum absolute atomic E-state index is 11.9. The van der Waals surface area contributed by atoms with Crippen LogP contribution in [0.3, 0.4) is 0 Å². The van der Waals surface area contributed by atoms with E-state index in [1.54, 1.807) is 27.9 Å². The number of carbonyl (C=O) groups is 2. The molecule has 0 saturated carbocycles. The molecule has 1 aromatic rings. The van der Waals surface area contributed by atoms with Gasteiger partial charge < -0.3 is 19.5 Å². The Morgan fingerprint density at radius 3 is 2.48 bits per heavy atom. The molecule has 0 aliphatic rings. The predicted molar refractivity (Wildman–Crippen MR) is 86.4 cm³/mol. The molecule has 1 rings (SSSR count). The molecule has 0 heterocycles. The number of hydrogen-bond acceptors (Lipinski definition) is 5. The quantitative estimate of drug-likeness (QED) is 0.814. The first-order chi connectivity index (χ1) is 10.7. The van der Waals surface area contributed by atoms with Crippen molar-refractivity contribution < 1.29 is 23.8 Å². The molecule has 0 aromatic heterocycles. The minimum atomic E-state index is -0.586. The van der Waals surface area contributed by atoms with E-state index in [4.69, 9.17) is 14.2 Å². The lowest BCUT2D eigenvalue weighted by Gasteiger charge is -2.21. The van der Waals surface area contributed by atoms with Crippen LogP contribution in [-0.2, 0) is 20.7 Å². The molecule has 6 nitrogen and oxygen atoms in total. The van der Waals surface area contributed by atoms with Crippen molar-refractivity contribution in [2.24, 2.45) is 5.92 Å². The number of carbonyl (C=O) groups excluding carboxylic acids is 2. The van der Waals surface area contributed by atoms with E-state index < -0.39 is 17.6 Å². The van der Waals surface area contributed by atoms with Gasteiger partial charge in [-0.1, -0.05) is 12.1 Å². The van der Waals surface area contributed by atoms with Crippen LogP contribution >= 0.6 is 0 Å². The molecule has 0 fully saturated rings. The van der Waals surface area contributed by atoms with Crippen LogP contribution in [0, 0.1) is 5.92 Å². The lowest BCUT2D eigenvalue weighted by molar-refractivity contribution is -0.145. The monoisotopic (exact) mass is 323 g/mol. The summed E-state index contributed by atoms with van der Waals surface area (Å²) in [6, 6.07) is 7.43. The zero-order chi connectivity index (χ0) is 17.5. The fourth-order valence-corrected chi connectivity index (χ4v) is 2.01. The summed E-state index contributed by atoms with van der Waals surface area (Å²) in [5.74, 6) is -0.172. The van der Waals surface area contributed by atoms with Gasteiger partial charge in [0.15, 0.2) is 0 Å². The van der Waals surface area contributed by atoms with Crippen LogP contribution in [0.15, 0.2) is 24.3 Å². The van der Waals surface area contributed by atoms with E-state index in [0.29, 0.717) is 12.2 Å². The van der Waals surface area contributed by atoms with E-state index >= 15 is 0 Å². The molecular formula is C17H25NO5. The lowest BCUT2D eigenvalue weighted by Crippen LogP contribution is -2.38. The molecule has 1 amide bonds. The third kappa shape index (κ3) is 7.04. The third-order valence-electron chi connectivity index (χ3n) is 3.04. The van der Waals surface area contributed by atoms with Gasteiger partial charge in [0.05, 0.1) is 20.1 Å². The number of esters is 1. The number of alkyl carbamates (subject to hydrolysis) is 1. The van der Waals surface area contributed by atoms with Crippen LogP contribution in [-0.4, -0.2) is 38.4 Å². The Bertz CT molecular complexity index is 536. The molecule has 6 heteroatoms. The minimum absolute atomic E-state index is 0.138. The van der Waals surface area contributed by atoms with Crippen LogP contribution in [0.5, 0.6) is 5.75 Å². The standard InChI is InChI=1S/C17H25NO5/c1-17(2,3)23-16(20)18-11-13(15(19)22-5)9-12-7-6-8-14(10-12)21-4/h6-8,10,13H,9,11H2,1-5H3,(H,18,20). The van der Waals surface area contributed by atoms with E-state index in [1.807, 2.05) is 24.3 Å². The van der Waals surface area contributed by atoms with Crippen LogP contribution in [0.25, 0.3) is 0 Å². The van der Waals surface area contributed by atoms with Crippen LogP contribution in [0.2, 0.25) is 0 Å². The summed E-state index contributed by atoms with van der Waals surface area (Å²) >= 11 is 0. The van der Waals surface area contributed by atoms with E-state index in [0.717, 1.165) is 5.56 Å². The Morgan fingerprint density at radius 2 is 1.91 bits per heavy atom. The predicted octanol–water partition coefficient (Wildman–Crippen LogP) is 2.55. The highest BCUT2D eigenvalue weighted by molar-refractivity contribution is 5.74. The van der Waals surface area contributed by atoms with Crippen molar-refractivity contribution in [2.45, 2.75) is 32.8 Å². The highest BCUT2D eigenvalue weighted by Crippen LogP contribution is 2.17. The molecule has 0 radical (unpaired) electrons. The largest absolute Gasteiger partial charge is 0.497 e. The van der Waals surface area contributed by atoms with Gasteiger partial charge in [0.2, 0.25) is 0 Å². The fraction of sp³-hybridized carbons (Fsp3) is 0.529. The molecular weight excluding hydrogens is 298 g/mol. The van der Waals surface area contributed by atoms with Crippen molar-refractivity contribution in [1.82, 2.24) is 5.32 Å². The van der Waals surface area contributed by atoms with Gasteiger partial charge in [-0.2, -0.15) is 0 Å². The Morgan fingerprint density at radius 1 is 1.22 bits per heavy atom. The third-order valence-corrected chi connectivity index (χ3v) is 3.04. The second kappa shape index (κ2) is 8.41. The van der Waals surface area contributed by atoms with Gasteiger partial charge in [0.1, 0.15) is 11.4 Å². The Labute approximate surface area is 137 Å². The number of ether oxygens (including phenoxy) is 3. The number of rotatable bonds is 6. The SMILES string of the molecule is COC(=O)C(CNC(=O)OC(C)(C)C)Cc1cccc(OC)c1. The van der Waals surface area contributed by atoms with E-state index in [2.05, 4.69) is 5.32 Å². The summed E-state index contributed by atoms with van der Waals surface area (Å²) in [6.45, 7) is 5.47. The molecule has 1 aromatic carbocycles. The van der Waals surface area contributed by atoms with Gasteiger partial charge >= 0.3 is 12.1 Å². The van der Waals surface area contributed by atoms with Crippen molar-refractivity contribution in [1.29, 1.82) is 0 Å². The molecule has 0 bridgehead atoms. The van der Waals surface area contributed by atoms with Gasteiger partial charge in [0, 0.05) is 6.54 Å². The maximum atomic E-state index is 11.9. The second-order valence-electron chi connectivity index (χ2n) is 6.16. The van der Waals surface area contributed by atoms with Crippen molar-refractivity contribution in [3.8, 4) is 5.75 Å². The average molecular weight is 323 g/mol. The molecule has 1 atom stereocenters. The van der Waals surface area contributed by atoms with Crippen molar-refractivity contribution in [2.75, 3.05) is 20.8 Å². The summed E-state index contributed by atoms with van der Waals surface area (Å²) < 4.78 is 15.1. The Hall–Kier alpha value is -2.24. The van der Waals surface area contributed by atoms with Gasteiger partial charge in [-0.3, -0.25) is 4.79 Å². The van der Waals surface area contributed by atoms with E-state index in [-0.39, 0.29) is 12.5 Å². The summed E-state index contributed by atoms with van der Waals surface area (Å²) in [5, 5.41) is 2.61. The summed E-state index contributed by atoms with van der Waals surface area (Å²) in [4.78, 5) is 23.6. The van der Waals surface area contributed by atoms with Crippen LogP contribution < -0.4 is 10.1 Å². The normalized spacial score (nSPS) is 12.2. The van der Waals surface area contributed by atoms with Crippen LogP contribution in [0.1, 0.15) is 26.3 Å². The Kier molecular flexibility index (Phi) is 6.88. The zero-order valence-electron chi connectivity index (χ0n) is 14.3. The van der Waals surface area contributed by atoms with Crippen molar-refractivity contribution in [3.63, 3.8) is 0 Å². The summed E-state index contributed by atoms with van der Waals surface area (Å²) in [5.41, 5.74) is 0.336. The number of amides is 1. The van der Waals surface area contributed by atoms with Gasteiger partial charge in [-0.15, -0.1) is 0 Å². The highest BCUT2D eigenvalue weighted by atomic mass is 16.6. The molecule has 1 unspecified atom stereocenters. The van der Waals surface area contributed by atoms with Gasteiger partial charge in [-0.05, 0) is 44.9 Å². The van der Waals surface area contributed by atoms with Gasteiger partial charge in [-0.25, -0.2) is 4.79 Å². The molecule has 0 spiro atoms. The molecule has 0 saturated heterocycles. The van der Waals surface area contributed by atoms with E-state index in [1.165, 1.54) is 7.11 Å². The summed E-state index contributed by atoms with van der Waals surface area (Å²) in [7, 11) is 2.91. The number of benzene rings is 1. The summed E-state index contributed by atoms with van der Waals surface area (Å²) in [6.07, 6.45) is -0.128. The first kappa shape index (κ1) is 18.8. The number of methoxy groups -OCH3 is 2. The van der Waals surface area contributed by atoms with Crippen molar-refractivity contribution >= 4 is 12.1 Å². The first-order valence-corrected chi connectivity index (χ1v) is 7.42. The first-order valence-electron chi connectivity index (χ1n) is 7.42. The zero-order valence-corrected chi connectivity index (χ0v) is 14.3. The maximum Gasteiger partial charge on any atom is 0.407 e. The van der Waals surface area contributed by atoms with Crippen molar-refractivity contribution in [3.05, 3.63) is 29.8 Å². The van der Waals surface area contributed by atoms with Gasteiger partial charge in [0.25, 0.3) is 0 Å². The molecule has 23 heavy (non-hydrogen) atoms. The highest BCUT2D eigenvalue weighted by Gasteiger charge is 2.23. The average Bonchev–Trinajstić information content (AvgIpc) is 2.49. The molecule has 1 N–H and O–H groups in total. The van der Waals surface area contributed by atoms with E-state index in [9.17, 15) is 9.59 Å². The Balaban J connectivity index is 2.69. The molecule has 128 valence electrons. The topological polar surface area (TPSA) is 73.9 Å². The fourth-order valence-electron chi connectivity index (χ4n) is 2.01. The molecule has 0 aliphatic heterocycles. The minimum Gasteiger partial charge on any atom is -0.497 e. The number of hydrogen-bond donors (Lipinski definition) is 1. The van der Waals surface area contributed by atoms with Crippen LogP contribution in [0.4, 0.5) is 4.79 Å². The molecule has 0 aliphatic carbocycles. The smallest absolute Gasteiger partial charge is 0.407 e.